The highest BCUT2D eigenvalue weighted by molar-refractivity contribution is 6.05. The fourth-order valence-corrected chi connectivity index (χ4v) is 4.69. The Balaban J connectivity index is 1.62. The van der Waals surface area contributed by atoms with Gasteiger partial charge in [-0.3, -0.25) is 14.4 Å². The van der Waals surface area contributed by atoms with Crippen LogP contribution in [0, 0.1) is 11.8 Å². The van der Waals surface area contributed by atoms with Crippen molar-refractivity contribution in [2.24, 2.45) is 11.8 Å². The van der Waals surface area contributed by atoms with Gasteiger partial charge in [0.05, 0.1) is 24.8 Å². The molecule has 9 nitrogen and oxygen atoms in total. The molecular formula is C29H37N3O6. The quantitative estimate of drug-likeness (QED) is 0.642. The van der Waals surface area contributed by atoms with Gasteiger partial charge in [-0.05, 0) is 50.1 Å². The van der Waals surface area contributed by atoms with Gasteiger partial charge in [-0.2, -0.15) is 0 Å². The number of amides is 3. The molecule has 0 unspecified atom stereocenters. The second kappa shape index (κ2) is 11.9. The predicted octanol–water partition coefficient (Wildman–Crippen LogP) is 3.69. The van der Waals surface area contributed by atoms with Gasteiger partial charge in [0.2, 0.25) is 5.91 Å². The van der Waals surface area contributed by atoms with Crippen LogP contribution >= 0.6 is 0 Å². The van der Waals surface area contributed by atoms with E-state index in [1.54, 1.807) is 68.6 Å². The first kappa shape index (κ1) is 27.4. The first-order chi connectivity index (χ1) is 18.2. The molecule has 1 N–H and O–H groups in total. The number of nitrogens with zero attached hydrogens (tertiary/aromatic N) is 2. The van der Waals surface area contributed by atoms with Crippen LogP contribution in [0.25, 0.3) is 0 Å². The zero-order valence-corrected chi connectivity index (χ0v) is 22.7. The topological polar surface area (TPSA) is 97.4 Å². The fraction of sp³-hybridized carbons (Fsp3) is 0.483. The second-order valence-electron chi connectivity index (χ2n) is 10.3. The summed E-state index contributed by atoms with van der Waals surface area (Å²) in [5.41, 5.74) is 1.31. The molecule has 38 heavy (non-hydrogen) atoms. The van der Waals surface area contributed by atoms with Crippen molar-refractivity contribution >= 4 is 23.4 Å². The molecule has 204 valence electrons. The number of hydrogen-bond acceptors (Lipinski definition) is 6. The van der Waals surface area contributed by atoms with E-state index in [0.717, 1.165) is 12.8 Å². The minimum Gasteiger partial charge on any atom is -0.497 e. The molecule has 3 amide bonds. The minimum absolute atomic E-state index is 0.0218. The van der Waals surface area contributed by atoms with E-state index >= 15 is 0 Å². The van der Waals surface area contributed by atoms with Crippen molar-refractivity contribution in [3.8, 4) is 11.5 Å². The number of benzene rings is 2. The number of hydrogen-bond donors (Lipinski definition) is 1. The standard InChI is InChI=1S/C29H37N3O6/c1-18-15-32(28(34)20-9-10-20)19(2)17-38-25-14-22(30-27(33)21-7-6-8-23(13-21)36-4)11-12-24(25)29(35)31(3)16-26(18)37-5/h6-8,11-14,18-20,26H,9-10,15-17H2,1-5H3,(H,30,33)/t18-,19-,26-/m1/s1. The van der Waals surface area contributed by atoms with Crippen LogP contribution in [-0.4, -0.2) is 80.6 Å². The summed E-state index contributed by atoms with van der Waals surface area (Å²) in [6.07, 6.45) is 1.60. The molecular weight excluding hydrogens is 486 g/mol. The van der Waals surface area contributed by atoms with E-state index in [2.05, 4.69) is 5.32 Å². The summed E-state index contributed by atoms with van der Waals surface area (Å²) in [6, 6.07) is 11.6. The molecule has 1 aliphatic heterocycles. The Morgan fingerprint density at radius 1 is 1.05 bits per heavy atom. The number of nitrogens with one attached hydrogen (secondary N) is 1. The van der Waals surface area contributed by atoms with Crippen molar-refractivity contribution < 1.29 is 28.6 Å². The largest absolute Gasteiger partial charge is 0.497 e. The summed E-state index contributed by atoms with van der Waals surface area (Å²) >= 11 is 0. The highest BCUT2D eigenvalue weighted by Gasteiger charge is 2.37. The lowest BCUT2D eigenvalue weighted by atomic mass is 10.0. The van der Waals surface area contributed by atoms with Gasteiger partial charge in [-0.15, -0.1) is 0 Å². The van der Waals surface area contributed by atoms with Crippen LogP contribution in [-0.2, 0) is 9.53 Å². The smallest absolute Gasteiger partial charge is 0.257 e. The van der Waals surface area contributed by atoms with E-state index in [0.29, 0.717) is 41.4 Å². The molecule has 0 bridgehead atoms. The van der Waals surface area contributed by atoms with E-state index in [4.69, 9.17) is 14.2 Å². The maximum absolute atomic E-state index is 13.4. The van der Waals surface area contributed by atoms with Gasteiger partial charge >= 0.3 is 0 Å². The molecule has 1 saturated carbocycles. The zero-order valence-electron chi connectivity index (χ0n) is 22.7. The van der Waals surface area contributed by atoms with Crippen LogP contribution in [0.2, 0.25) is 0 Å². The molecule has 1 aliphatic carbocycles. The number of methoxy groups -OCH3 is 2. The summed E-state index contributed by atoms with van der Waals surface area (Å²) in [6.45, 7) is 5.10. The molecule has 4 rings (SSSR count). The number of ether oxygens (including phenoxy) is 3. The SMILES string of the molecule is COc1cccc(C(=O)Nc2ccc3c(c2)OC[C@@H](C)N(C(=O)C2CC2)C[C@@H](C)[C@H](OC)CN(C)C3=O)c1. The first-order valence-corrected chi connectivity index (χ1v) is 13.0. The second-order valence-corrected chi connectivity index (χ2v) is 10.3. The lowest BCUT2D eigenvalue weighted by Gasteiger charge is -2.36. The molecule has 3 atom stereocenters. The van der Waals surface area contributed by atoms with Crippen molar-refractivity contribution in [2.75, 3.05) is 46.3 Å². The zero-order chi connectivity index (χ0) is 27.4. The Bertz CT molecular complexity index is 1180. The highest BCUT2D eigenvalue weighted by atomic mass is 16.5. The van der Waals surface area contributed by atoms with Crippen LogP contribution < -0.4 is 14.8 Å². The van der Waals surface area contributed by atoms with Crippen molar-refractivity contribution in [2.45, 2.75) is 38.8 Å². The van der Waals surface area contributed by atoms with Gasteiger partial charge in [0.15, 0.2) is 0 Å². The normalized spacial score (nSPS) is 22.4. The molecule has 1 fully saturated rings. The van der Waals surface area contributed by atoms with Gasteiger partial charge < -0.3 is 29.3 Å². The van der Waals surface area contributed by atoms with Crippen molar-refractivity contribution in [3.63, 3.8) is 0 Å². The Morgan fingerprint density at radius 2 is 1.82 bits per heavy atom. The van der Waals surface area contributed by atoms with Crippen LogP contribution in [0.5, 0.6) is 11.5 Å². The minimum atomic E-state index is -0.313. The molecule has 9 heteroatoms. The van der Waals surface area contributed by atoms with Crippen LogP contribution in [0.4, 0.5) is 5.69 Å². The predicted molar refractivity (Wildman–Crippen MR) is 144 cm³/mol. The van der Waals surface area contributed by atoms with Gasteiger partial charge in [-0.1, -0.05) is 13.0 Å². The lowest BCUT2D eigenvalue weighted by Crippen LogP contribution is -2.49. The van der Waals surface area contributed by atoms with E-state index in [1.165, 1.54) is 0 Å². The number of fused-ring (bicyclic) bond motifs is 1. The number of rotatable bonds is 5. The third kappa shape index (κ3) is 6.27. The number of likely N-dealkylation sites (N-methyl/N-ethyl adjacent to an activating group) is 1. The Labute approximate surface area is 224 Å². The molecule has 1 heterocycles. The number of anilines is 1. The Morgan fingerprint density at radius 3 is 2.50 bits per heavy atom. The molecule has 0 aromatic heterocycles. The third-order valence-corrected chi connectivity index (χ3v) is 7.25. The third-order valence-electron chi connectivity index (χ3n) is 7.25. The molecule has 0 saturated heterocycles. The maximum atomic E-state index is 13.4. The molecule has 0 spiro atoms. The Kier molecular flexibility index (Phi) is 8.56. The molecule has 0 radical (unpaired) electrons. The van der Waals surface area contributed by atoms with Crippen molar-refractivity contribution in [3.05, 3.63) is 53.6 Å². The van der Waals surface area contributed by atoms with Crippen LogP contribution in [0.3, 0.4) is 0 Å². The maximum Gasteiger partial charge on any atom is 0.257 e. The average Bonchev–Trinajstić information content (AvgIpc) is 3.77. The lowest BCUT2D eigenvalue weighted by molar-refractivity contribution is -0.136. The van der Waals surface area contributed by atoms with Gasteiger partial charge in [0.1, 0.15) is 18.1 Å². The van der Waals surface area contributed by atoms with Gasteiger partial charge in [-0.25, -0.2) is 0 Å². The first-order valence-electron chi connectivity index (χ1n) is 13.0. The van der Waals surface area contributed by atoms with Gasteiger partial charge in [0.25, 0.3) is 11.8 Å². The van der Waals surface area contributed by atoms with Crippen LogP contribution in [0.15, 0.2) is 42.5 Å². The summed E-state index contributed by atoms with van der Waals surface area (Å²) in [7, 11) is 4.91. The molecule has 2 aromatic rings. The van der Waals surface area contributed by atoms with E-state index in [-0.39, 0.29) is 48.3 Å². The highest BCUT2D eigenvalue weighted by Crippen LogP contribution is 2.33. The van der Waals surface area contributed by atoms with Crippen molar-refractivity contribution in [1.82, 2.24) is 9.80 Å². The monoisotopic (exact) mass is 523 g/mol. The van der Waals surface area contributed by atoms with E-state index in [1.807, 2.05) is 18.7 Å². The summed E-state index contributed by atoms with van der Waals surface area (Å²) in [5, 5.41) is 2.87. The van der Waals surface area contributed by atoms with E-state index < -0.39 is 0 Å². The number of carbonyl (C=O) groups excluding carboxylic acids is 3. The van der Waals surface area contributed by atoms with Crippen LogP contribution in [0.1, 0.15) is 47.4 Å². The average molecular weight is 524 g/mol. The molecule has 2 aromatic carbocycles. The Hall–Kier alpha value is -3.59. The summed E-state index contributed by atoms with van der Waals surface area (Å²) < 4.78 is 17.2. The number of carbonyl (C=O) groups is 3. The molecule has 2 aliphatic rings. The van der Waals surface area contributed by atoms with Gasteiger partial charge in [0, 0.05) is 56.4 Å². The fourth-order valence-electron chi connectivity index (χ4n) is 4.69. The van der Waals surface area contributed by atoms with Crippen molar-refractivity contribution in [1.29, 1.82) is 0 Å². The summed E-state index contributed by atoms with van der Waals surface area (Å²) in [4.78, 5) is 43.0. The summed E-state index contributed by atoms with van der Waals surface area (Å²) in [5.74, 6) is 0.644. The van der Waals surface area contributed by atoms with E-state index in [9.17, 15) is 14.4 Å².